The van der Waals surface area contributed by atoms with Gasteiger partial charge in [0.1, 0.15) is 0 Å². The molecule has 2 aromatic rings. The Labute approximate surface area is 187 Å². The van der Waals surface area contributed by atoms with Crippen molar-refractivity contribution < 1.29 is 0 Å². The van der Waals surface area contributed by atoms with Gasteiger partial charge in [0, 0.05) is 0 Å². The Hall–Kier alpha value is -0.740. The summed E-state index contributed by atoms with van der Waals surface area (Å²) in [6, 6.07) is 20.2. The van der Waals surface area contributed by atoms with E-state index in [0.29, 0.717) is 0 Å². The second kappa shape index (κ2) is 10.3. The van der Waals surface area contributed by atoms with Gasteiger partial charge in [-0.05, 0) is 70.2 Å². The van der Waals surface area contributed by atoms with E-state index in [2.05, 4.69) is 86.7 Å². The molecule has 1 saturated heterocycles. The van der Waals surface area contributed by atoms with Gasteiger partial charge >= 0.3 is 0 Å². The van der Waals surface area contributed by atoms with E-state index < -0.39 is 14.8 Å². The first-order valence-corrected chi connectivity index (χ1v) is 15.8. The Bertz CT molecular complexity index is 794. The molecule has 0 aliphatic carbocycles. The fraction of sp³-hybridized carbons (Fsp3) is 0.481. The number of rotatable bonds is 9. The second-order valence-electron chi connectivity index (χ2n) is 8.93. The molecule has 0 bridgehead atoms. The highest BCUT2D eigenvalue weighted by atomic mass is 31.2. The van der Waals surface area contributed by atoms with Crippen molar-refractivity contribution in [3.05, 3.63) is 73.5 Å². The molecule has 1 heterocycles. The SMILES string of the molecule is [CH2-][P+](c1ccccc1)(c1ccccc1C)N(CCCC)[P+]1([CH2-])[C@H](CC)CC[C@H]1CC. The van der Waals surface area contributed by atoms with E-state index >= 15 is 0 Å². The molecule has 3 rings (SSSR count). The van der Waals surface area contributed by atoms with Crippen molar-refractivity contribution >= 4 is 25.4 Å². The normalized spacial score (nSPS) is 22.9. The van der Waals surface area contributed by atoms with E-state index in [9.17, 15) is 0 Å². The fourth-order valence-electron chi connectivity index (χ4n) is 5.54. The average Bonchev–Trinajstić information content (AvgIpc) is 3.10. The summed E-state index contributed by atoms with van der Waals surface area (Å²) in [7, 11) is -3.58. The monoisotopic (exact) mass is 441 g/mol. The van der Waals surface area contributed by atoms with E-state index in [-0.39, 0.29) is 0 Å². The van der Waals surface area contributed by atoms with Gasteiger partial charge in [-0.2, -0.15) is 6.66 Å². The summed E-state index contributed by atoms with van der Waals surface area (Å²) in [6.45, 7) is 20.9. The van der Waals surface area contributed by atoms with Crippen LogP contribution in [-0.4, -0.2) is 22.3 Å². The summed E-state index contributed by atoms with van der Waals surface area (Å²) in [5.41, 5.74) is 2.86. The van der Waals surface area contributed by atoms with Gasteiger partial charge in [-0.3, -0.25) is 0 Å². The summed E-state index contributed by atoms with van der Waals surface area (Å²) in [6.07, 6.45) is 7.62. The van der Waals surface area contributed by atoms with Crippen LogP contribution in [0.15, 0.2) is 54.6 Å². The quantitative estimate of drug-likeness (QED) is 0.283. The molecule has 1 nitrogen and oxygen atoms in total. The minimum Gasteiger partial charge on any atom is -0.159 e. The van der Waals surface area contributed by atoms with Crippen LogP contribution in [0.4, 0.5) is 0 Å². The third-order valence-electron chi connectivity index (χ3n) is 7.27. The van der Waals surface area contributed by atoms with Crippen LogP contribution in [0.25, 0.3) is 0 Å². The Morgan fingerprint density at radius 1 is 0.933 bits per heavy atom. The van der Waals surface area contributed by atoms with E-state index in [0.717, 1.165) is 17.9 Å². The summed E-state index contributed by atoms with van der Waals surface area (Å²) in [4.78, 5) is 0. The van der Waals surface area contributed by atoms with Gasteiger partial charge in [0.05, 0.1) is 35.9 Å². The van der Waals surface area contributed by atoms with Crippen molar-refractivity contribution in [2.75, 3.05) is 6.54 Å². The Balaban J connectivity index is 2.27. The van der Waals surface area contributed by atoms with E-state index in [1.54, 1.807) is 0 Å². The maximum absolute atomic E-state index is 5.20. The predicted molar refractivity (Wildman–Crippen MR) is 140 cm³/mol. The standard InChI is InChI=1S/C27H41NP2/c1-7-10-22-28(29(5)24(8-2)20-21-25(29)9-3)30(6,26-17-12-11-13-18-26)27-19-15-14-16-23(27)4/h11-19,24-25H,5-10,20-22H2,1-4H3/t24-,25-,30?/m1/s1. The molecule has 0 aromatic heterocycles. The lowest BCUT2D eigenvalue weighted by molar-refractivity contribution is 0.614. The van der Waals surface area contributed by atoms with Crippen LogP contribution in [0.5, 0.6) is 0 Å². The van der Waals surface area contributed by atoms with E-state index in [1.165, 1.54) is 54.7 Å². The predicted octanol–water partition coefficient (Wildman–Crippen LogP) is 7.85. The second-order valence-corrected chi connectivity index (χ2v) is 16.0. The summed E-state index contributed by atoms with van der Waals surface area (Å²) in [5, 5.41) is 2.86. The first-order valence-electron chi connectivity index (χ1n) is 11.8. The summed E-state index contributed by atoms with van der Waals surface area (Å²) >= 11 is 0. The smallest absolute Gasteiger partial charge is 0.0934 e. The highest BCUT2D eigenvalue weighted by Crippen LogP contribution is 2.84. The lowest BCUT2D eigenvalue weighted by atomic mass is 10.1. The van der Waals surface area contributed by atoms with Gasteiger partial charge in [0.2, 0.25) is 0 Å². The van der Waals surface area contributed by atoms with Crippen LogP contribution in [0.2, 0.25) is 0 Å². The first kappa shape index (κ1) is 23.9. The molecule has 164 valence electrons. The Morgan fingerprint density at radius 2 is 1.50 bits per heavy atom. The average molecular weight is 442 g/mol. The number of nitrogens with zero attached hydrogens (tertiary/aromatic N) is 1. The molecule has 0 spiro atoms. The molecule has 2 aromatic carbocycles. The van der Waals surface area contributed by atoms with Crippen LogP contribution < -0.4 is 10.6 Å². The van der Waals surface area contributed by atoms with Crippen molar-refractivity contribution in [3.8, 4) is 0 Å². The van der Waals surface area contributed by atoms with Crippen LogP contribution in [-0.2, 0) is 0 Å². The number of unbranched alkanes of at least 4 members (excludes halogenated alkanes) is 1. The molecule has 30 heavy (non-hydrogen) atoms. The van der Waals surface area contributed by atoms with Gasteiger partial charge < -0.3 is 0 Å². The third kappa shape index (κ3) is 4.16. The van der Waals surface area contributed by atoms with Crippen LogP contribution in [0.1, 0.15) is 64.9 Å². The summed E-state index contributed by atoms with van der Waals surface area (Å²) < 4.78 is 2.95. The van der Waals surface area contributed by atoms with Gasteiger partial charge in [-0.15, -0.1) is 11.1 Å². The van der Waals surface area contributed by atoms with Gasteiger partial charge in [0.15, 0.2) is 0 Å². The zero-order valence-corrected chi connectivity index (χ0v) is 21.3. The molecular formula is C27H41NP2. The maximum atomic E-state index is 5.20. The van der Waals surface area contributed by atoms with Gasteiger partial charge in [-0.25, -0.2) is 0 Å². The van der Waals surface area contributed by atoms with Gasteiger partial charge in [-0.1, -0.05) is 63.6 Å². The lowest BCUT2D eigenvalue weighted by Crippen LogP contribution is -2.40. The fourth-order valence-corrected chi connectivity index (χ4v) is 16.5. The number of hydrogen-bond acceptors (Lipinski definition) is 1. The minimum atomic E-state index is -2.00. The number of benzene rings is 2. The highest BCUT2D eigenvalue weighted by molar-refractivity contribution is 7.97. The molecule has 1 aliphatic rings. The van der Waals surface area contributed by atoms with Crippen molar-refractivity contribution in [1.82, 2.24) is 4.44 Å². The molecule has 0 saturated carbocycles. The lowest BCUT2D eigenvalue weighted by Gasteiger charge is -2.51. The molecule has 0 radical (unpaired) electrons. The summed E-state index contributed by atoms with van der Waals surface area (Å²) in [5.74, 6) is 0. The van der Waals surface area contributed by atoms with Crippen LogP contribution in [0.3, 0.4) is 0 Å². The molecule has 0 N–H and O–H groups in total. The number of hydrogen-bond donors (Lipinski definition) is 0. The highest BCUT2D eigenvalue weighted by Gasteiger charge is 2.58. The maximum Gasteiger partial charge on any atom is 0.0934 e. The van der Waals surface area contributed by atoms with Gasteiger partial charge in [0.25, 0.3) is 0 Å². The largest absolute Gasteiger partial charge is 0.159 e. The Kier molecular flexibility index (Phi) is 8.17. The van der Waals surface area contributed by atoms with Crippen molar-refractivity contribution in [2.24, 2.45) is 0 Å². The van der Waals surface area contributed by atoms with E-state index in [4.69, 9.17) is 13.3 Å². The topological polar surface area (TPSA) is 3.24 Å². The zero-order chi connectivity index (χ0) is 21.8. The van der Waals surface area contributed by atoms with Crippen molar-refractivity contribution in [2.45, 2.75) is 77.5 Å². The molecule has 1 fully saturated rings. The Morgan fingerprint density at radius 3 is 2.03 bits per heavy atom. The molecule has 3 heteroatoms. The number of aryl methyl sites for hydroxylation is 1. The molecular weight excluding hydrogens is 400 g/mol. The third-order valence-corrected chi connectivity index (χ3v) is 17.5. The van der Waals surface area contributed by atoms with E-state index in [1.807, 2.05) is 0 Å². The molecule has 0 amide bonds. The minimum absolute atomic E-state index is 0.744. The van der Waals surface area contributed by atoms with Crippen molar-refractivity contribution in [1.29, 1.82) is 0 Å². The molecule has 3 atom stereocenters. The molecule has 1 unspecified atom stereocenters. The first-order chi connectivity index (χ1) is 14.4. The van der Waals surface area contributed by atoms with Crippen LogP contribution in [0, 0.1) is 20.3 Å². The van der Waals surface area contributed by atoms with Crippen molar-refractivity contribution in [3.63, 3.8) is 0 Å². The van der Waals surface area contributed by atoms with Crippen LogP contribution >= 0.6 is 14.8 Å². The molecule has 1 aliphatic heterocycles. The zero-order valence-electron chi connectivity index (χ0n) is 19.6.